The normalized spacial score (nSPS) is 34.5. The van der Waals surface area contributed by atoms with Crippen molar-refractivity contribution in [3.05, 3.63) is 28.8 Å². The van der Waals surface area contributed by atoms with Crippen LogP contribution in [0.4, 0.5) is 5.69 Å². The third-order valence-electron chi connectivity index (χ3n) is 5.88. The number of fused-ring (bicyclic) bond motifs is 3. The second-order valence-corrected chi connectivity index (χ2v) is 7.62. The van der Waals surface area contributed by atoms with E-state index in [1.807, 2.05) is 23.1 Å². The highest BCUT2D eigenvalue weighted by atomic mass is 35.5. The van der Waals surface area contributed by atoms with Crippen LogP contribution in [0.2, 0.25) is 5.02 Å². The van der Waals surface area contributed by atoms with E-state index in [0.29, 0.717) is 17.6 Å². The lowest BCUT2D eigenvalue weighted by Crippen LogP contribution is -2.61. The predicted octanol–water partition coefficient (Wildman–Crippen LogP) is 2.85. The molecule has 1 saturated carbocycles. The van der Waals surface area contributed by atoms with Crippen molar-refractivity contribution >= 4 is 23.2 Å². The summed E-state index contributed by atoms with van der Waals surface area (Å²) >= 11 is 6.18. The lowest BCUT2D eigenvalue weighted by Gasteiger charge is -2.32. The van der Waals surface area contributed by atoms with Gasteiger partial charge in [-0.15, -0.1) is 0 Å². The molecule has 118 valence electrons. The van der Waals surface area contributed by atoms with Crippen molar-refractivity contribution in [2.45, 2.75) is 56.1 Å². The number of nitrogens with one attached hydrogen (secondary N) is 1. The van der Waals surface area contributed by atoms with Gasteiger partial charge in [0.25, 0.3) is 5.91 Å². The Bertz CT molecular complexity index is 643. The van der Waals surface area contributed by atoms with Crippen molar-refractivity contribution in [2.24, 2.45) is 5.73 Å². The molecule has 0 spiro atoms. The van der Waals surface area contributed by atoms with Gasteiger partial charge in [-0.25, -0.2) is 0 Å². The van der Waals surface area contributed by atoms with Gasteiger partial charge in [0.2, 0.25) is 0 Å². The second-order valence-electron chi connectivity index (χ2n) is 7.18. The summed E-state index contributed by atoms with van der Waals surface area (Å²) in [5.41, 5.74) is 7.12. The summed E-state index contributed by atoms with van der Waals surface area (Å²) in [5, 5.41) is 3.98. The quantitative estimate of drug-likeness (QED) is 0.837. The zero-order valence-electron chi connectivity index (χ0n) is 12.9. The molecule has 4 nitrogen and oxygen atoms in total. The van der Waals surface area contributed by atoms with E-state index in [2.05, 4.69) is 12.2 Å². The predicted molar refractivity (Wildman–Crippen MR) is 87.9 cm³/mol. The van der Waals surface area contributed by atoms with Crippen LogP contribution >= 0.6 is 11.6 Å². The number of hydrogen-bond donors (Lipinski definition) is 2. The molecule has 2 aliphatic heterocycles. The molecule has 3 N–H and O–H groups in total. The fourth-order valence-electron chi connectivity index (χ4n) is 4.47. The SMILES string of the molecule is C[C@]12CN(C3CCCCC3)C(=O)[C@]1(N)Nc1ccc(Cl)cc12. The minimum absolute atomic E-state index is 0.0363. The minimum Gasteiger partial charge on any atom is -0.359 e. The van der Waals surface area contributed by atoms with Crippen LogP contribution in [0.1, 0.15) is 44.6 Å². The highest BCUT2D eigenvalue weighted by Crippen LogP contribution is 2.51. The van der Waals surface area contributed by atoms with Crippen LogP contribution in [0.3, 0.4) is 0 Å². The number of hydrogen-bond acceptors (Lipinski definition) is 3. The first-order valence-corrected chi connectivity index (χ1v) is 8.52. The van der Waals surface area contributed by atoms with E-state index in [0.717, 1.165) is 24.1 Å². The Morgan fingerprint density at radius 3 is 2.77 bits per heavy atom. The van der Waals surface area contributed by atoms with Gasteiger partial charge < -0.3 is 16.0 Å². The van der Waals surface area contributed by atoms with Crippen molar-refractivity contribution in [3.8, 4) is 0 Å². The Balaban J connectivity index is 1.74. The number of halogens is 1. The number of carbonyl (C=O) groups is 1. The van der Waals surface area contributed by atoms with Crippen molar-refractivity contribution in [1.82, 2.24) is 4.90 Å². The second kappa shape index (κ2) is 4.62. The monoisotopic (exact) mass is 319 g/mol. The smallest absolute Gasteiger partial charge is 0.264 e. The zero-order chi connectivity index (χ0) is 15.5. The van der Waals surface area contributed by atoms with Crippen LogP contribution in [0, 0.1) is 0 Å². The molecule has 0 unspecified atom stereocenters. The van der Waals surface area contributed by atoms with Crippen LogP contribution in [0.25, 0.3) is 0 Å². The molecule has 3 aliphatic rings. The molecule has 5 heteroatoms. The van der Waals surface area contributed by atoms with Crippen molar-refractivity contribution < 1.29 is 4.79 Å². The van der Waals surface area contributed by atoms with Crippen LogP contribution in [-0.4, -0.2) is 29.1 Å². The fraction of sp³-hybridized carbons (Fsp3) is 0.588. The molecule has 1 aromatic rings. The molecule has 1 saturated heterocycles. The van der Waals surface area contributed by atoms with Crippen molar-refractivity contribution in [2.75, 3.05) is 11.9 Å². The third-order valence-corrected chi connectivity index (χ3v) is 6.11. The van der Waals surface area contributed by atoms with E-state index in [1.165, 1.54) is 19.3 Å². The number of nitrogens with two attached hydrogens (primary N) is 1. The summed E-state index contributed by atoms with van der Waals surface area (Å²) in [6, 6.07) is 6.06. The Labute approximate surface area is 136 Å². The Morgan fingerprint density at radius 2 is 2.05 bits per heavy atom. The Kier molecular flexibility index (Phi) is 3.01. The van der Waals surface area contributed by atoms with Crippen molar-refractivity contribution in [1.29, 1.82) is 0 Å². The van der Waals surface area contributed by atoms with Gasteiger partial charge in [0.1, 0.15) is 0 Å². The number of rotatable bonds is 1. The number of amides is 1. The maximum atomic E-state index is 13.1. The minimum atomic E-state index is -1.04. The highest BCUT2D eigenvalue weighted by Gasteiger charge is 2.65. The molecule has 2 atom stereocenters. The highest BCUT2D eigenvalue weighted by molar-refractivity contribution is 6.30. The maximum Gasteiger partial charge on any atom is 0.264 e. The van der Waals surface area contributed by atoms with Crippen LogP contribution < -0.4 is 11.1 Å². The van der Waals surface area contributed by atoms with Gasteiger partial charge in [-0.3, -0.25) is 4.79 Å². The van der Waals surface area contributed by atoms with E-state index >= 15 is 0 Å². The Hall–Kier alpha value is -1.26. The first-order chi connectivity index (χ1) is 10.5. The van der Waals surface area contributed by atoms with Gasteiger partial charge in [-0.05, 0) is 43.5 Å². The summed E-state index contributed by atoms with van der Waals surface area (Å²) in [4.78, 5) is 15.1. The van der Waals surface area contributed by atoms with Crippen LogP contribution in [-0.2, 0) is 10.2 Å². The standard InChI is InChI=1S/C17H22ClN3O/c1-16-10-21(12-5-3-2-4-6-12)15(22)17(16,19)20-14-8-7-11(18)9-13(14)16/h7-9,12,20H,2-6,10,19H2,1H3/t16-,17+/m1/s1. The van der Waals surface area contributed by atoms with E-state index < -0.39 is 11.1 Å². The largest absolute Gasteiger partial charge is 0.359 e. The molecule has 2 heterocycles. The molecule has 1 amide bonds. The summed E-state index contributed by atoms with van der Waals surface area (Å²) < 4.78 is 0. The topological polar surface area (TPSA) is 58.4 Å². The van der Waals surface area contributed by atoms with E-state index in [9.17, 15) is 4.79 Å². The number of benzene rings is 1. The lowest BCUT2D eigenvalue weighted by molar-refractivity contribution is -0.133. The first-order valence-electron chi connectivity index (χ1n) is 8.14. The molecule has 4 rings (SSSR count). The fourth-order valence-corrected chi connectivity index (χ4v) is 4.64. The summed E-state index contributed by atoms with van der Waals surface area (Å²) in [5.74, 6) is 0.0363. The molecule has 0 aromatic heterocycles. The van der Waals surface area contributed by atoms with Gasteiger partial charge in [0.15, 0.2) is 5.66 Å². The average molecular weight is 320 g/mol. The van der Waals surface area contributed by atoms with E-state index in [1.54, 1.807) is 0 Å². The number of carbonyl (C=O) groups excluding carboxylic acids is 1. The van der Waals surface area contributed by atoms with E-state index in [-0.39, 0.29) is 5.91 Å². The zero-order valence-corrected chi connectivity index (χ0v) is 13.6. The molecular formula is C17H22ClN3O. The summed E-state index contributed by atoms with van der Waals surface area (Å²) in [6.07, 6.45) is 5.89. The lowest BCUT2D eigenvalue weighted by atomic mass is 9.77. The molecule has 0 bridgehead atoms. The van der Waals surface area contributed by atoms with E-state index in [4.69, 9.17) is 17.3 Å². The molecule has 22 heavy (non-hydrogen) atoms. The maximum absolute atomic E-state index is 13.1. The van der Waals surface area contributed by atoms with Gasteiger partial charge in [-0.1, -0.05) is 30.9 Å². The van der Waals surface area contributed by atoms with Gasteiger partial charge in [-0.2, -0.15) is 0 Å². The van der Waals surface area contributed by atoms with Gasteiger partial charge >= 0.3 is 0 Å². The molecule has 1 aliphatic carbocycles. The molecule has 1 aromatic carbocycles. The number of likely N-dealkylation sites (tertiary alicyclic amines) is 1. The van der Waals surface area contributed by atoms with Crippen molar-refractivity contribution in [3.63, 3.8) is 0 Å². The molecular weight excluding hydrogens is 298 g/mol. The number of nitrogens with zero attached hydrogens (tertiary/aromatic N) is 1. The number of anilines is 1. The van der Waals surface area contributed by atoms with Gasteiger partial charge in [0.05, 0.1) is 5.41 Å². The average Bonchev–Trinajstić information content (AvgIpc) is 2.86. The molecule has 2 fully saturated rings. The van der Waals surface area contributed by atoms with Gasteiger partial charge in [0, 0.05) is 23.3 Å². The summed E-state index contributed by atoms with van der Waals surface area (Å²) in [6.45, 7) is 2.76. The summed E-state index contributed by atoms with van der Waals surface area (Å²) in [7, 11) is 0. The Morgan fingerprint density at radius 1 is 1.32 bits per heavy atom. The first kappa shape index (κ1) is 14.3. The third kappa shape index (κ3) is 1.71. The van der Waals surface area contributed by atoms with Crippen LogP contribution in [0.5, 0.6) is 0 Å². The van der Waals surface area contributed by atoms with Crippen LogP contribution in [0.15, 0.2) is 18.2 Å². The molecule has 0 radical (unpaired) electrons.